The zero-order valence-corrected chi connectivity index (χ0v) is 71.8. The molecular weight excluding hydrogens is 1850 g/mol. The smallest absolute Gasteiger partial charge is 0.489 e. The van der Waals surface area contributed by atoms with Crippen LogP contribution >= 0.6 is 11.3 Å². The third-order valence-electron chi connectivity index (χ3n) is 19.4. The minimum Gasteiger partial charge on any atom is -0.489 e. The molecule has 0 bridgehead atoms. The van der Waals surface area contributed by atoms with E-state index in [0.717, 1.165) is 83.9 Å². The first-order valence-corrected chi connectivity index (χ1v) is 39.6. The molecule has 20 rings (SSSR count). The minimum atomic E-state index is 0. The second-order valence-electron chi connectivity index (χ2n) is 27.3. The van der Waals surface area contributed by atoms with Crippen molar-refractivity contribution >= 4 is 11.3 Å². The van der Waals surface area contributed by atoms with E-state index in [4.69, 9.17) is 14.6 Å². The van der Waals surface area contributed by atoms with E-state index in [1.807, 2.05) is 219 Å². The summed E-state index contributed by atoms with van der Waals surface area (Å²) in [7, 11) is 0. The fourth-order valence-electron chi connectivity index (χ4n) is 13.5. The number of thiazole rings is 1. The molecule has 14 heteroatoms. The van der Waals surface area contributed by atoms with E-state index in [0.29, 0.717) is 5.89 Å². The summed E-state index contributed by atoms with van der Waals surface area (Å²) in [6, 6.07) is 142. The van der Waals surface area contributed by atoms with E-state index in [-0.39, 0.29) is 40.2 Å². The molecule has 0 saturated heterocycles. The number of nitrogens with zero attached hydrogens (tertiary/aromatic N) is 10. The predicted molar refractivity (Wildman–Crippen MR) is 479 cm³/mol. The van der Waals surface area contributed by atoms with Gasteiger partial charge in [-0.1, -0.05) is 224 Å². The molecule has 14 aromatic carbocycles. The van der Waals surface area contributed by atoms with Gasteiger partial charge in [0.15, 0.2) is 0 Å². The van der Waals surface area contributed by atoms with Gasteiger partial charge in [-0.15, -0.1) is 90.5 Å². The van der Waals surface area contributed by atoms with E-state index in [1.54, 1.807) is 30.0 Å². The number of aromatic nitrogens is 10. The number of hydrogen-bond donors (Lipinski definition) is 0. The summed E-state index contributed by atoms with van der Waals surface area (Å²) < 4.78 is 12.7. The summed E-state index contributed by atoms with van der Waals surface area (Å²) in [5.74, 6) is 0.616. The molecule has 0 unspecified atom stereocenters. The molecule has 0 aliphatic carbocycles. The maximum atomic E-state index is 5.08. The Morgan fingerprint density at radius 2 is 0.583 bits per heavy atom. The maximum absolute atomic E-state index is 5.08. The monoisotopic (exact) mass is 1930 g/mol. The second kappa shape index (κ2) is 42.3. The molecule has 0 saturated carbocycles. The van der Waals surface area contributed by atoms with Crippen LogP contribution in [0.25, 0.3) is 134 Å². The normalized spacial score (nSPS) is 10.4. The summed E-state index contributed by atoms with van der Waals surface area (Å²) in [6.07, 6.45) is 12.8. The predicted octanol–water partition coefficient (Wildman–Crippen LogP) is 26.0. The van der Waals surface area contributed by atoms with Crippen LogP contribution < -0.4 is 0 Å². The Morgan fingerprint density at radius 3 is 0.883 bits per heavy atom. The zero-order valence-electron chi connectivity index (χ0n) is 66.2. The molecule has 0 spiro atoms. The number of benzene rings is 14. The van der Waals surface area contributed by atoms with E-state index in [9.17, 15) is 0 Å². The molecule has 584 valence electrons. The van der Waals surface area contributed by atoms with Crippen molar-refractivity contribution in [3.8, 4) is 134 Å². The third kappa shape index (κ3) is 21.6. The van der Waals surface area contributed by atoms with Crippen LogP contribution in [0, 0.1) is 64.1 Å². The first kappa shape index (κ1) is 84.0. The number of hydrogen-bond acceptors (Lipinski definition) is 8. The van der Waals surface area contributed by atoms with Gasteiger partial charge in [-0.05, 0) is 117 Å². The average molecular weight is 1930 g/mol. The molecule has 0 radical (unpaired) electrons. The van der Waals surface area contributed by atoms with Crippen molar-refractivity contribution < 1.29 is 44.6 Å². The van der Waals surface area contributed by atoms with Crippen LogP contribution in [-0.2, 0) is 40.2 Å². The quantitative estimate of drug-likeness (QED) is 0.0997. The van der Waals surface area contributed by atoms with E-state index < -0.39 is 0 Å². The van der Waals surface area contributed by atoms with E-state index in [1.165, 1.54) is 66.8 Å². The van der Waals surface area contributed by atoms with Crippen LogP contribution in [0.15, 0.2) is 417 Å². The fraction of sp³-hybridized carbons (Fsp3) is 0.0377. The average Bonchev–Trinajstić information content (AvgIpc) is 1.64. The Balaban J connectivity index is 0.000000127. The van der Waals surface area contributed by atoms with Gasteiger partial charge in [-0.3, -0.25) is 28.7 Å². The molecule has 0 N–H and O–H groups in total. The largest absolute Gasteiger partial charge is 3.00 e. The summed E-state index contributed by atoms with van der Waals surface area (Å²) in [5.41, 5.74) is 29.2. The van der Waals surface area contributed by atoms with Crippen LogP contribution in [0.4, 0.5) is 0 Å². The second-order valence-corrected chi connectivity index (χ2v) is 28.1. The molecule has 20 aromatic rings. The van der Waals surface area contributed by atoms with Crippen molar-refractivity contribution in [3.05, 3.63) is 472 Å². The van der Waals surface area contributed by atoms with Crippen molar-refractivity contribution in [2.45, 2.75) is 27.7 Å². The molecule has 6 aromatic heterocycles. The molecular formula is C106H80Ir2N10OS. The van der Waals surface area contributed by atoms with Gasteiger partial charge in [0, 0.05) is 62.6 Å². The summed E-state index contributed by atoms with van der Waals surface area (Å²) in [4.78, 5) is 8.16. The summed E-state index contributed by atoms with van der Waals surface area (Å²) in [6.45, 7) is 8.35. The molecule has 0 fully saturated rings. The van der Waals surface area contributed by atoms with E-state index in [2.05, 4.69) is 278 Å². The third-order valence-corrected chi connectivity index (χ3v) is 20.2. The summed E-state index contributed by atoms with van der Waals surface area (Å²) in [5, 5.41) is 21.3. The van der Waals surface area contributed by atoms with Gasteiger partial charge in [-0.2, -0.15) is 129 Å². The van der Waals surface area contributed by atoms with Crippen LogP contribution in [0.2, 0.25) is 0 Å². The number of oxazole rings is 1. The SMILES string of the molecule is Cc1nn(-c2[c-]cccc2)c(C)c1-c1ccc(-c2ccccc2)cc1.Cc1nn(-c2[c-]cccc2)c(C)c1-c1ccc(-c2ccccc2)cc1.[Ir+3].[Ir+3].[c-]1ccccc1-c1ncco1.[c-]1ccccc1-c1nccs1.[c-]1ccccc1-n1cc(-c2ccc(-c3ccccc3)cc2)cn1.[c-]1ccccc1-n1cc(-c2ccc(-c3ccccc3)cc2)cn1. The van der Waals surface area contributed by atoms with Crippen molar-refractivity contribution in [2.75, 3.05) is 0 Å². The Labute approximate surface area is 732 Å². The Morgan fingerprint density at radius 1 is 0.283 bits per heavy atom. The van der Waals surface area contributed by atoms with Gasteiger partial charge < -0.3 is 4.42 Å². The Bertz CT molecular complexity index is 5970. The topological polar surface area (TPSA) is 110 Å². The molecule has 0 amide bonds. The zero-order chi connectivity index (χ0) is 80.5. The van der Waals surface area contributed by atoms with Gasteiger partial charge in [-0.25, -0.2) is 0 Å². The number of aryl methyl sites for hydroxylation is 2. The first-order valence-electron chi connectivity index (χ1n) is 38.7. The van der Waals surface area contributed by atoms with Crippen molar-refractivity contribution in [2.24, 2.45) is 0 Å². The van der Waals surface area contributed by atoms with Crippen molar-refractivity contribution in [1.82, 2.24) is 49.1 Å². The van der Waals surface area contributed by atoms with Gasteiger partial charge in [0.1, 0.15) is 5.89 Å². The van der Waals surface area contributed by atoms with Crippen LogP contribution in [-0.4, -0.2) is 49.1 Å². The first-order chi connectivity index (χ1) is 58.2. The van der Waals surface area contributed by atoms with Crippen molar-refractivity contribution in [3.63, 3.8) is 0 Å². The van der Waals surface area contributed by atoms with E-state index >= 15 is 0 Å². The molecule has 120 heavy (non-hydrogen) atoms. The van der Waals surface area contributed by atoms with Gasteiger partial charge in [0.2, 0.25) is 0 Å². The fourth-order valence-corrected chi connectivity index (χ4v) is 14.2. The number of para-hydroxylation sites is 4. The molecule has 6 heterocycles. The molecule has 0 aliphatic heterocycles. The van der Waals surface area contributed by atoms with Gasteiger partial charge >= 0.3 is 40.2 Å². The van der Waals surface area contributed by atoms with Crippen LogP contribution in [0.5, 0.6) is 0 Å². The standard InChI is InChI=1S/2C23H19N2.2C21H15N2.C9H6NO.C9H6NS.2Ir/c2*1-17-23(18(2)25(24-17)22-11-7-4-8-12-22)21-15-13-20(14-16-21)19-9-5-3-6-10-19;2*1-3-7-17(8-4-1)18-11-13-19(14-12-18)20-15-22-23(16-20)21-9-5-2-6-10-21;2*1-2-4-8(5-3-1)9-10-6-7-11-9;;/h2*3-11,13-16H,1-2H3;2*1-9,11-16H;2*1-4,6-7H;;/q6*-1;2*+3. The minimum absolute atomic E-state index is 0. The summed E-state index contributed by atoms with van der Waals surface area (Å²) >= 11 is 1.63. The molecule has 0 atom stereocenters. The van der Waals surface area contributed by atoms with Crippen molar-refractivity contribution in [1.29, 1.82) is 0 Å². The maximum Gasteiger partial charge on any atom is 3.00 e. The molecule has 11 nitrogen and oxygen atoms in total. The molecule has 0 aliphatic rings. The Kier molecular flexibility index (Phi) is 29.6. The van der Waals surface area contributed by atoms with Crippen LogP contribution in [0.3, 0.4) is 0 Å². The van der Waals surface area contributed by atoms with Gasteiger partial charge in [0.25, 0.3) is 0 Å². The van der Waals surface area contributed by atoms with Crippen LogP contribution in [0.1, 0.15) is 22.8 Å². The van der Waals surface area contributed by atoms with Gasteiger partial charge in [0.05, 0.1) is 36.2 Å². The number of rotatable bonds is 14. The Hall–Kier alpha value is -13.9.